The van der Waals surface area contributed by atoms with Gasteiger partial charge in [-0.2, -0.15) is 0 Å². The maximum absolute atomic E-state index is 5.89. The molecule has 0 unspecified atom stereocenters. The Kier molecular flexibility index (Phi) is 3.11. The Morgan fingerprint density at radius 3 is 3.11 bits per heavy atom. The van der Waals surface area contributed by atoms with Crippen molar-refractivity contribution < 1.29 is 0 Å². The van der Waals surface area contributed by atoms with E-state index in [4.69, 9.17) is 5.73 Å². The van der Waals surface area contributed by atoms with Crippen LogP contribution < -0.4 is 11.1 Å². The summed E-state index contributed by atoms with van der Waals surface area (Å²) in [7, 11) is 0. The van der Waals surface area contributed by atoms with Gasteiger partial charge in [-0.25, -0.2) is 4.98 Å². The van der Waals surface area contributed by atoms with Crippen LogP contribution in [0, 0.1) is 0 Å². The molecule has 98 valence electrons. The largest absolute Gasteiger partial charge is 0.384 e. The van der Waals surface area contributed by atoms with Crippen LogP contribution in [0.25, 0.3) is 11.1 Å². The topological polar surface area (TPSA) is 50.9 Å². The first-order valence-corrected chi connectivity index (χ1v) is 6.90. The van der Waals surface area contributed by atoms with Crippen molar-refractivity contribution >= 4 is 11.5 Å². The second-order valence-electron chi connectivity index (χ2n) is 4.99. The van der Waals surface area contributed by atoms with Gasteiger partial charge in [-0.1, -0.05) is 25.1 Å². The minimum atomic E-state index is 0.643. The fraction of sp³-hybridized carbons (Fsp3) is 0.312. The zero-order valence-corrected chi connectivity index (χ0v) is 11.2. The number of anilines is 2. The number of fused-ring (bicyclic) bond motifs is 1. The van der Waals surface area contributed by atoms with Gasteiger partial charge in [0.2, 0.25) is 0 Å². The quantitative estimate of drug-likeness (QED) is 0.863. The van der Waals surface area contributed by atoms with Gasteiger partial charge in [0.05, 0.1) is 0 Å². The van der Waals surface area contributed by atoms with Crippen LogP contribution in [0.5, 0.6) is 0 Å². The monoisotopic (exact) mass is 253 g/mol. The minimum Gasteiger partial charge on any atom is -0.384 e. The molecule has 0 saturated heterocycles. The maximum Gasteiger partial charge on any atom is 0.126 e. The first kappa shape index (κ1) is 12.0. The summed E-state index contributed by atoms with van der Waals surface area (Å²) in [4.78, 5) is 4.33. The van der Waals surface area contributed by atoms with Crippen molar-refractivity contribution in [2.75, 3.05) is 17.6 Å². The summed E-state index contributed by atoms with van der Waals surface area (Å²) in [5.74, 6) is 0.643. The van der Waals surface area contributed by atoms with Gasteiger partial charge in [0, 0.05) is 29.6 Å². The van der Waals surface area contributed by atoms with Crippen LogP contribution in [0.1, 0.15) is 24.5 Å². The predicted octanol–water partition coefficient (Wildman–Crippen LogP) is 3.25. The summed E-state index contributed by atoms with van der Waals surface area (Å²) in [6.45, 7) is 3.16. The molecule has 0 aliphatic carbocycles. The van der Waals surface area contributed by atoms with Crippen LogP contribution >= 0.6 is 0 Å². The van der Waals surface area contributed by atoms with Crippen LogP contribution in [0.15, 0.2) is 30.5 Å². The number of rotatable bonds is 2. The maximum atomic E-state index is 5.89. The Hall–Kier alpha value is -2.03. The van der Waals surface area contributed by atoms with Crippen molar-refractivity contribution in [2.45, 2.75) is 26.2 Å². The van der Waals surface area contributed by atoms with E-state index < -0.39 is 0 Å². The number of aryl methyl sites for hydroxylation is 2. The molecule has 0 fully saturated rings. The Balaban J connectivity index is 2.12. The first-order valence-electron chi connectivity index (χ1n) is 6.90. The Labute approximate surface area is 113 Å². The second kappa shape index (κ2) is 4.92. The van der Waals surface area contributed by atoms with Gasteiger partial charge in [0.25, 0.3) is 0 Å². The molecule has 3 nitrogen and oxygen atoms in total. The number of aromatic nitrogens is 1. The predicted molar refractivity (Wildman–Crippen MR) is 80.3 cm³/mol. The molecule has 0 atom stereocenters. The molecule has 2 heterocycles. The lowest BCUT2D eigenvalue weighted by molar-refractivity contribution is 0.831. The van der Waals surface area contributed by atoms with Crippen molar-refractivity contribution in [3.8, 4) is 11.1 Å². The standard InChI is InChI=1S/C16H19N3/c1-2-11-9-13(10-19-16(11)17)14-7-3-5-12-6-4-8-18-15(12)14/h3,5,7,9-10,18H,2,4,6,8H2,1H3,(H2,17,19). The molecule has 1 aliphatic heterocycles. The lowest BCUT2D eigenvalue weighted by Gasteiger charge is -2.21. The van der Waals surface area contributed by atoms with E-state index in [0.717, 1.165) is 30.5 Å². The van der Waals surface area contributed by atoms with E-state index in [1.54, 1.807) is 0 Å². The number of hydrogen-bond acceptors (Lipinski definition) is 3. The van der Waals surface area contributed by atoms with Crippen molar-refractivity contribution in [3.05, 3.63) is 41.6 Å². The highest BCUT2D eigenvalue weighted by Crippen LogP contribution is 2.34. The van der Waals surface area contributed by atoms with Gasteiger partial charge in [-0.3, -0.25) is 0 Å². The number of nitrogens with one attached hydrogen (secondary N) is 1. The van der Waals surface area contributed by atoms with Crippen LogP contribution in [0.2, 0.25) is 0 Å². The zero-order valence-electron chi connectivity index (χ0n) is 11.2. The summed E-state index contributed by atoms with van der Waals surface area (Å²) in [5.41, 5.74) is 12.1. The Bertz CT molecular complexity index is 605. The highest BCUT2D eigenvalue weighted by molar-refractivity contribution is 5.81. The van der Waals surface area contributed by atoms with E-state index in [1.165, 1.54) is 23.2 Å². The smallest absolute Gasteiger partial charge is 0.126 e. The van der Waals surface area contributed by atoms with Crippen molar-refractivity contribution in [2.24, 2.45) is 0 Å². The van der Waals surface area contributed by atoms with Crippen LogP contribution in [0.3, 0.4) is 0 Å². The van der Waals surface area contributed by atoms with E-state index in [-0.39, 0.29) is 0 Å². The lowest BCUT2D eigenvalue weighted by atomic mass is 9.95. The van der Waals surface area contributed by atoms with Crippen molar-refractivity contribution in [1.29, 1.82) is 0 Å². The molecule has 0 radical (unpaired) electrons. The molecule has 19 heavy (non-hydrogen) atoms. The highest BCUT2D eigenvalue weighted by atomic mass is 14.9. The lowest BCUT2D eigenvalue weighted by Crippen LogP contribution is -2.12. The van der Waals surface area contributed by atoms with Gasteiger partial charge < -0.3 is 11.1 Å². The third-order valence-corrected chi connectivity index (χ3v) is 3.77. The van der Waals surface area contributed by atoms with Gasteiger partial charge in [0.15, 0.2) is 0 Å². The van der Waals surface area contributed by atoms with E-state index >= 15 is 0 Å². The third kappa shape index (κ3) is 2.16. The number of para-hydroxylation sites is 1. The van der Waals surface area contributed by atoms with E-state index in [2.05, 4.69) is 41.5 Å². The molecule has 0 bridgehead atoms. The summed E-state index contributed by atoms with van der Waals surface area (Å²) < 4.78 is 0. The second-order valence-corrected chi connectivity index (χ2v) is 4.99. The van der Waals surface area contributed by atoms with E-state index in [1.807, 2.05) is 6.20 Å². The third-order valence-electron chi connectivity index (χ3n) is 3.77. The average molecular weight is 253 g/mol. The summed E-state index contributed by atoms with van der Waals surface area (Å²) >= 11 is 0. The van der Waals surface area contributed by atoms with Gasteiger partial charge >= 0.3 is 0 Å². The molecule has 2 aromatic rings. The molecule has 1 aromatic carbocycles. The van der Waals surface area contributed by atoms with E-state index in [9.17, 15) is 0 Å². The molecule has 1 aliphatic rings. The van der Waals surface area contributed by atoms with E-state index in [0.29, 0.717) is 5.82 Å². The molecule has 0 spiro atoms. The molecule has 0 amide bonds. The number of nitrogens with zero attached hydrogens (tertiary/aromatic N) is 1. The highest BCUT2D eigenvalue weighted by Gasteiger charge is 2.14. The number of hydrogen-bond donors (Lipinski definition) is 2. The molecular formula is C16H19N3. The number of nitrogens with two attached hydrogens (primary N) is 1. The summed E-state index contributed by atoms with van der Waals surface area (Å²) in [6, 6.07) is 8.65. The van der Waals surface area contributed by atoms with Crippen molar-refractivity contribution in [1.82, 2.24) is 4.98 Å². The van der Waals surface area contributed by atoms with Crippen LogP contribution in [-0.2, 0) is 12.8 Å². The van der Waals surface area contributed by atoms with Gasteiger partial charge in [-0.05, 0) is 36.5 Å². The molecule has 3 rings (SSSR count). The molecule has 3 heteroatoms. The zero-order chi connectivity index (χ0) is 13.2. The molecule has 1 aromatic heterocycles. The Morgan fingerprint density at radius 1 is 1.37 bits per heavy atom. The SMILES string of the molecule is CCc1cc(-c2cccc3c2NCCC3)cnc1N. The van der Waals surface area contributed by atoms with Gasteiger partial charge in [-0.15, -0.1) is 0 Å². The molecular weight excluding hydrogens is 234 g/mol. The summed E-state index contributed by atoms with van der Waals surface area (Å²) in [6.07, 6.45) is 5.14. The normalized spacial score (nSPS) is 13.7. The van der Waals surface area contributed by atoms with Gasteiger partial charge in [0.1, 0.15) is 5.82 Å². The van der Waals surface area contributed by atoms with Crippen LogP contribution in [-0.4, -0.2) is 11.5 Å². The number of nitrogen functional groups attached to an aromatic ring is 1. The average Bonchev–Trinajstić information content (AvgIpc) is 2.47. The van der Waals surface area contributed by atoms with Crippen molar-refractivity contribution in [3.63, 3.8) is 0 Å². The first-order chi connectivity index (χ1) is 9.29. The minimum absolute atomic E-state index is 0.643. The Morgan fingerprint density at radius 2 is 2.26 bits per heavy atom. The fourth-order valence-corrected chi connectivity index (χ4v) is 2.70. The fourth-order valence-electron chi connectivity index (χ4n) is 2.70. The molecule has 0 saturated carbocycles. The number of pyridine rings is 1. The summed E-state index contributed by atoms with van der Waals surface area (Å²) in [5, 5.41) is 3.52. The molecule has 3 N–H and O–H groups in total. The van der Waals surface area contributed by atoms with Crippen LogP contribution in [0.4, 0.5) is 11.5 Å². The number of benzene rings is 1.